The highest BCUT2D eigenvalue weighted by atomic mass is 16.4. The van der Waals surface area contributed by atoms with E-state index in [4.69, 9.17) is 0 Å². The number of rotatable bonds is 2. The zero-order valence-electron chi connectivity index (χ0n) is 9.80. The predicted molar refractivity (Wildman–Crippen MR) is 63.3 cm³/mol. The quantitative estimate of drug-likeness (QED) is 0.642. The number of carboxylic acids is 2. The van der Waals surface area contributed by atoms with Crippen molar-refractivity contribution in [3.8, 4) is 11.1 Å². The fraction of sp³-hybridized carbons (Fsp3) is 0.0667. The van der Waals surface area contributed by atoms with E-state index in [-0.39, 0.29) is 11.1 Å². The summed E-state index contributed by atoms with van der Waals surface area (Å²) in [5.41, 5.74) is 2.56. The Balaban J connectivity index is 2.31. The molecule has 0 N–H and O–H groups in total. The first-order valence-electron chi connectivity index (χ1n) is 5.76. The minimum atomic E-state index is -1.50. The number of carbonyl (C=O) groups excluding carboxylic acids is 2. The molecule has 0 saturated heterocycles. The average molecular weight is 252 g/mol. The number of benzene rings is 2. The van der Waals surface area contributed by atoms with Crippen LogP contribution in [0, 0.1) is 0 Å². The summed E-state index contributed by atoms with van der Waals surface area (Å²) in [6, 6.07) is 10.4. The molecule has 19 heavy (non-hydrogen) atoms. The summed E-state index contributed by atoms with van der Waals surface area (Å²) in [6.45, 7) is 0. The van der Waals surface area contributed by atoms with Gasteiger partial charge in [0.05, 0.1) is 11.9 Å². The van der Waals surface area contributed by atoms with Gasteiger partial charge in [0.25, 0.3) is 0 Å². The lowest BCUT2D eigenvalue weighted by atomic mass is 9.96. The van der Waals surface area contributed by atoms with Crippen LogP contribution >= 0.6 is 0 Å². The third kappa shape index (κ3) is 1.61. The standard InChI is InChI=1S/C15H10O4/c16-14(17)11-6-5-10-9-4-2-1-3-8(9)7-12(10)13(11)15(18)19/h1-6H,7H2,(H,16,17)(H,18,19)/p-2. The van der Waals surface area contributed by atoms with Crippen molar-refractivity contribution < 1.29 is 19.8 Å². The van der Waals surface area contributed by atoms with Gasteiger partial charge < -0.3 is 19.8 Å². The second-order valence-electron chi connectivity index (χ2n) is 4.42. The number of fused-ring (bicyclic) bond motifs is 3. The van der Waals surface area contributed by atoms with E-state index in [1.165, 1.54) is 6.07 Å². The Kier molecular flexibility index (Phi) is 2.38. The van der Waals surface area contributed by atoms with Crippen molar-refractivity contribution in [2.75, 3.05) is 0 Å². The highest BCUT2D eigenvalue weighted by Crippen LogP contribution is 2.38. The van der Waals surface area contributed by atoms with Crippen LogP contribution in [0.5, 0.6) is 0 Å². The molecule has 2 aromatic rings. The van der Waals surface area contributed by atoms with Crippen molar-refractivity contribution in [3.05, 3.63) is 58.7 Å². The maximum Gasteiger partial charge on any atom is 0.0725 e. The molecule has 0 fully saturated rings. The van der Waals surface area contributed by atoms with E-state index in [0.29, 0.717) is 12.0 Å². The molecule has 4 heteroatoms. The molecule has 1 aliphatic carbocycles. The summed E-state index contributed by atoms with van der Waals surface area (Å²) in [7, 11) is 0. The third-order valence-electron chi connectivity index (χ3n) is 3.41. The molecule has 3 rings (SSSR count). The zero-order chi connectivity index (χ0) is 13.6. The first-order valence-corrected chi connectivity index (χ1v) is 5.76. The number of hydrogen-bond acceptors (Lipinski definition) is 4. The van der Waals surface area contributed by atoms with Gasteiger partial charge in [0.15, 0.2) is 0 Å². The van der Waals surface area contributed by atoms with Gasteiger partial charge in [0.2, 0.25) is 0 Å². The van der Waals surface area contributed by atoms with Gasteiger partial charge >= 0.3 is 0 Å². The topological polar surface area (TPSA) is 80.3 Å². The lowest BCUT2D eigenvalue weighted by Crippen LogP contribution is -2.31. The van der Waals surface area contributed by atoms with Gasteiger partial charge in [0, 0.05) is 11.1 Å². The molecule has 4 nitrogen and oxygen atoms in total. The van der Waals surface area contributed by atoms with Crippen LogP contribution in [0.2, 0.25) is 0 Å². The minimum absolute atomic E-state index is 0.270. The molecule has 0 bridgehead atoms. The van der Waals surface area contributed by atoms with E-state index in [9.17, 15) is 19.8 Å². The van der Waals surface area contributed by atoms with Crippen LogP contribution in [0.4, 0.5) is 0 Å². The van der Waals surface area contributed by atoms with Gasteiger partial charge in [-0.25, -0.2) is 0 Å². The summed E-state index contributed by atoms with van der Waals surface area (Å²) in [5.74, 6) is -2.98. The normalized spacial score (nSPS) is 11.8. The number of carbonyl (C=O) groups is 2. The van der Waals surface area contributed by atoms with Gasteiger partial charge in [-0.05, 0) is 28.7 Å². The Hall–Kier alpha value is -2.62. The van der Waals surface area contributed by atoms with E-state index in [1.54, 1.807) is 6.07 Å². The van der Waals surface area contributed by atoms with Crippen LogP contribution in [-0.4, -0.2) is 11.9 Å². The first kappa shape index (κ1) is 11.5. The summed E-state index contributed by atoms with van der Waals surface area (Å²) in [5, 5.41) is 22.2. The Labute approximate surface area is 108 Å². The fourth-order valence-electron chi connectivity index (χ4n) is 2.61. The molecule has 0 aliphatic heterocycles. The molecular formula is C15H8O4-2. The summed E-state index contributed by atoms with van der Waals surface area (Å²) >= 11 is 0. The van der Waals surface area contributed by atoms with Gasteiger partial charge in [-0.2, -0.15) is 0 Å². The van der Waals surface area contributed by atoms with E-state index < -0.39 is 11.9 Å². The Morgan fingerprint density at radius 3 is 2.32 bits per heavy atom. The monoisotopic (exact) mass is 252 g/mol. The third-order valence-corrected chi connectivity index (χ3v) is 3.41. The van der Waals surface area contributed by atoms with E-state index in [0.717, 1.165) is 16.7 Å². The molecular weight excluding hydrogens is 244 g/mol. The van der Waals surface area contributed by atoms with Crippen molar-refractivity contribution in [1.29, 1.82) is 0 Å². The zero-order valence-corrected chi connectivity index (χ0v) is 9.80. The Morgan fingerprint density at radius 1 is 0.895 bits per heavy atom. The van der Waals surface area contributed by atoms with Crippen LogP contribution in [0.15, 0.2) is 36.4 Å². The lowest BCUT2D eigenvalue weighted by Gasteiger charge is -2.16. The van der Waals surface area contributed by atoms with E-state index in [1.807, 2.05) is 24.3 Å². The predicted octanol–water partition coefficient (Wildman–Crippen LogP) is -0.0152. The first-order chi connectivity index (χ1) is 9.09. The average Bonchev–Trinajstić information content (AvgIpc) is 2.75. The molecule has 94 valence electrons. The molecule has 2 aromatic carbocycles. The molecule has 0 atom stereocenters. The second-order valence-corrected chi connectivity index (χ2v) is 4.42. The van der Waals surface area contributed by atoms with Crippen molar-refractivity contribution in [3.63, 3.8) is 0 Å². The van der Waals surface area contributed by atoms with Crippen molar-refractivity contribution in [1.82, 2.24) is 0 Å². The van der Waals surface area contributed by atoms with Crippen LogP contribution in [-0.2, 0) is 6.42 Å². The van der Waals surface area contributed by atoms with Crippen LogP contribution in [0.1, 0.15) is 31.8 Å². The van der Waals surface area contributed by atoms with Crippen molar-refractivity contribution in [2.45, 2.75) is 6.42 Å². The number of aromatic carboxylic acids is 2. The molecule has 0 saturated carbocycles. The number of hydrogen-bond donors (Lipinski definition) is 0. The van der Waals surface area contributed by atoms with Crippen molar-refractivity contribution >= 4 is 11.9 Å². The maximum atomic E-state index is 11.2. The highest BCUT2D eigenvalue weighted by molar-refractivity contribution is 6.04. The van der Waals surface area contributed by atoms with Crippen molar-refractivity contribution in [2.24, 2.45) is 0 Å². The maximum absolute atomic E-state index is 11.2. The highest BCUT2D eigenvalue weighted by Gasteiger charge is 2.23. The smallest absolute Gasteiger partial charge is 0.0725 e. The SMILES string of the molecule is O=C([O-])c1ccc2c(c1C(=O)[O-])Cc1ccccc1-2. The molecule has 0 amide bonds. The minimum Gasteiger partial charge on any atom is -0.545 e. The molecule has 0 heterocycles. The van der Waals surface area contributed by atoms with Gasteiger partial charge in [0.1, 0.15) is 0 Å². The van der Waals surface area contributed by atoms with Gasteiger partial charge in [-0.3, -0.25) is 0 Å². The molecule has 0 aromatic heterocycles. The molecule has 0 spiro atoms. The van der Waals surface area contributed by atoms with Crippen LogP contribution in [0.3, 0.4) is 0 Å². The number of carboxylic acid groups (broad SMARTS) is 2. The summed E-state index contributed by atoms with van der Waals surface area (Å²) in [4.78, 5) is 22.2. The Morgan fingerprint density at radius 2 is 1.63 bits per heavy atom. The largest absolute Gasteiger partial charge is 0.545 e. The lowest BCUT2D eigenvalue weighted by molar-refractivity contribution is -0.259. The fourth-order valence-corrected chi connectivity index (χ4v) is 2.61. The van der Waals surface area contributed by atoms with Crippen LogP contribution < -0.4 is 10.2 Å². The van der Waals surface area contributed by atoms with E-state index >= 15 is 0 Å². The van der Waals surface area contributed by atoms with Gasteiger partial charge in [-0.1, -0.05) is 36.4 Å². The summed E-state index contributed by atoms with van der Waals surface area (Å²) in [6.07, 6.45) is 0.399. The second kappa shape index (κ2) is 3.95. The molecule has 0 unspecified atom stereocenters. The summed E-state index contributed by atoms with van der Waals surface area (Å²) < 4.78 is 0. The molecule has 1 aliphatic rings. The molecule has 0 radical (unpaired) electrons. The van der Waals surface area contributed by atoms with Crippen LogP contribution in [0.25, 0.3) is 11.1 Å². The van der Waals surface area contributed by atoms with Gasteiger partial charge in [-0.15, -0.1) is 0 Å². The Bertz CT molecular complexity index is 716. The van der Waals surface area contributed by atoms with E-state index in [2.05, 4.69) is 0 Å².